The molecule has 0 radical (unpaired) electrons. The fourth-order valence-corrected chi connectivity index (χ4v) is 7.97. The summed E-state index contributed by atoms with van der Waals surface area (Å²) >= 11 is 0. The van der Waals surface area contributed by atoms with Crippen LogP contribution in [-0.4, -0.2) is 51.8 Å². The molecule has 3 unspecified atom stereocenters. The van der Waals surface area contributed by atoms with Crippen LogP contribution in [-0.2, 0) is 17.8 Å². The number of aliphatic carboxylic acids is 1. The van der Waals surface area contributed by atoms with E-state index >= 15 is 0 Å². The highest BCUT2D eigenvalue weighted by molar-refractivity contribution is 5.85. The molecule has 3 aliphatic rings. The molecule has 3 aromatic rings. The van der Waals surface area contributed by atoms with Crippen LogP contribution in [0.2, 0.25) is 0 Å². The first-order chi connectivity index (χ1) is 22.0. The average molecular weight is 715 g/mol. The number of hydrogen-bond donors (Lipinski definition) is 1. The smallest absolute Gasteiger partial charge is 0.481 e. The summed E-state index contributed by atoms with van der Waals surface area (Å²) in [6.45, 7) is 5.54. The second-order valence-electron chi connectivity index (χ2n) is 13.6. The first-order valence-corrected chi connectivity index (χ1v) is 16.7. The number of hydrogen-bond acceptors (Lipinski definition) is 4. The molecule has 0 amide bonds. The van der Waals surface area contributed by atoms with E-state index in [1.54, 1.807) is 24.3 Å². The molecular weight excluding hydrogens is 669 g/mol. The summed E-state index contributed by atoms with van der Waals surface area (Å²) in [4.78, 5) is 14.8. The van der Waals surface area contributed by atoms with Crippen molar-refractivity contribution < 1.29 is 32.2 Å². The lowest BCUT2D eigenvalue weighted by molar-refractivity contribution is -0.274. The second kappa shape index (κ2) is 16.3. The Morgan fingerprint density at radius 2 is 1.73 bits per heavy atom. The fraction of sp³-hybridized carbons (Fsp3) is 0.556. The van der Waals surface area contributed by atoms with Gasteiger partial charge in [0.15, 0.2) is 0 Å². The molecule has 6 rings (SSSR count). The van der Waals surface area contributed by atoms with Crippen LogP contribution in [0.1, 0.15) is 86.2 Å². The van der Waals surface area contributed by atoms with E-state index in [9.17, 15) is 27.5 Å². The third-order valence-corrected chi connectivity index (χ3v) is 10.4. The van der Waals surface area contributed by atoms with Crippen LogP contribution in [0.4, 0.5) is 17.6 Å². The zero-order valence-corrected chi connectivity index (χ0v) is 28.7. The number of carboxylic acids is 1. The maximum Gasteiger partial charge on any atom is 0.573 e. The van der Waals surface area contributed by atoms with Crippen LogP contribution in [0, 0.1) is 29.5 Å². The molecule has 2 saturated carbocycles. The summed E-state index contributed by atoms with van der Waals surface area (Å²) in [5.74, 6) is -0.0505. The molecule has 0 spiro atoms. The van der Waals surface area contributed by atoms with Gasteiger partial charge in [-0.15, -0.1) is 38.0 Å². The van der Waals surface area contributed by atoms with Gasteiger partial charge < -0.3 is 14.7 Å². The Morgan fingerprint density at radius 1 is 1.02 bits per heavy atom. The zero-order chi connectivity index (χ0) is 32.4. The van der Waals surface area contributed by atoms with Crippen molar-refractivity contribution in [2.75, 3.05) is 19.6 Å². The van der Waals surface area contributed by atoms with E-state index in [1.165, 1.54) is 23.9 Å². The molecule has 2 aromatic carbocycles. The van der Waals surface area contributed by atoms with Crippen LogP contribution in [0.5, 0.6) is 5.75 Å². The molecule has 6 nitrogen and oxygen atoms in total. The van der Waals surface area contributed by atoms with E-state index in [0.29, 0.717) is 18.3 Å². The average Bonchev–Trinajstić information content (AvgIpc) is 3.61. The second-order valence-corrected chi connectivity index (χ2v) is 13.6. The summed E-state index contributed by atoms with van der Waals surface area (Å²) < 4.78 is 57.9. The van der Waals surface area contributed by atoms with Gasteiger partial charge in [-0.25, -0.2) is 4.39 Å². The molecule has 1 aliphatic heterocycles. The van der Waals surface area contributed by atoms with Gasteiger partial charge in [0, 0.05) is 31.1 Å². The minimum Gasteiger partial charge on any atom is -0.481 e. The minimum absolute atomic E-state index is 0. The van der Waals surface area contributed by atoms with Gasteiger partial charge in [0.2, 0.25) is 0 Å². The van der Waals surface area contributed by atoms with Crippen molar-refractivity contribution >= 4 is 30.8 Å². The first-order valence-electron chi connectivity index (χ1n) is 16.7. The van der Waals surface area contributed by atoms with Crippen LogP contribution < -0.4 is 4.74 Å². The molecular formula is C36H45Cl2F4N3O3. The number of benzene rings is 2. The van der Waals surface area contributed by atoms with Gasteiger partial charge in [0.1, 0.15) is 11.6 Å². The van der Waals surface area contributed by atoms with E-state index < -0.39 is 12.3 Å². The van der Waals surface area contributed by atoms with E-state index in [4.69, 9.17) is 5.10 Å². The zero-order valence-electron chi connectivity index (χ0n) is 27.1. The highest BCUT2D eigenvalue weighted by Crippen LogP contribution is 2.50. The number of aromatic nitrogens is 2. The molecule has 4 atom stereocenters. The maximum atomic E-state index is 14.3. The number of piperidine rings is 1. The van der Waals surface area contributed by atoms with Crippen LogP contribution >= 0.6 is 24.8 Å². The van der Waals surface area contributed by atoms with Gasteiger partial charge >= 0.3 is 12.3 Å². The minimum atomic E-state index is -4.71. The Balaban J connectivity index is 0.00000260. The molecule has 2 aliphatic carbocycles. The normalized spacial score (nSPS) is 22.5. The standard InChI is InChI=1S/C36H43F4N3O3.2ClH/c1-2-43-34(21-30(41-43)16-23-8-10-31(11-9-23)46-36(38,39)40)25-12-14-42(15-13-25)22-28-18-27(33(35(44)45)17-24-6-7-24)20-32(28)26-4-3-5-29(37)19-26;;/h3-5,8-11,19,21,24-25,27-28,32-33H,2,6-7,12-18,20,22H2,1H3,(H,44,45);2*1H/t27?,28?,32?,33-;;/m0../s1. The molecule has 0 bridgehead atoms. The summed E-state index contributed by atoms with van der Waals surface area (Å²) in [6.07, 6.45) is 2.46. The van der Waals surface area contributed by atoms with Crippen molar-refractivity contribution in [2.24, 2.45) is 23.7 Å². The largest absolute Gasteiger partial charge is 0.573 e. The Bertz CT molecular complexity index is 1490. The summed E-state index contributed by atoms with van der Waals surface area (Å²) in [5.41, 5.74) is 3.93. The highest BCUT2D eigenvalue weighted by Gasteiger charge is 2.44. The number of carboxylic acid groups (broad SMARTS) is 1. The molecule has 2 heterocycles. The van der Waals surface area contributed by atoms with Gasteiger partial charge in [-0.05, 0) is 117 Å². The van der Waals surface area contributed by atoms with Gasteiger partial charge in [-0.3, -0.25) is 9.48 Å². The van der Waals surface area contributed by atoms with Crippen molar-refractivity contribution in [3.8, 4) is 5.75 Å². The number of aryl methyl sites for hydroxylation is 1. The number of ether oxygens (including phenoxy) is 1. The predicted molar refractivity (Wildman–Crippen MR) is 181 cm³/mol. The monoisotopic (exact) mass is 713 g/mol. The lowest BCUT2D eigenvalue weighted by atomic mass is 9.85. The van der Waals surface area contributed by atoms with Gasteiger partial charge in [0.05, 0.1) is 11.6 Å². The first kappa shape index (κ1) is 38.0. The lowest BCUT2D eigenvalue weighted by Crippen LogP contribution is -2.37. The van der Waals surface area contributed by atoms with Crippen LogP contribution in [0.15, 0.2) is 54.6 Å². The van der Waals surface area contributed by atoms with Gasteiger partial charge in [-0.2, -0.15) is 5.10 Å². The Morgan fingerprint density at radius 3 is 2.33 bits per heavy atom. The van der Waals surface area contributed by atoms with Crippen molar-refractivity contribution in [1.82, 2.24) is 14.7 Å². The topological polar surface area (TPSA) is 67.6 Å². The van der Waals surface area contributed by atoms with Crippen LogP contribution in [0.3, 0.4) is 0 Å². The molecule has 1 aromatic heterocycles. The molecule has 1 saturated heterocycles. The quantitative estimate of drug-likeness (QED) is 0.190. The molecule has 1 N–H and O–H groups in total. The number of carbonyl (C=O) groups is 1. The van der Waals surface area contributed by atoms with Crippen molar-refractivity contribution in [3.05, 3.63) is 82.9 Å². The maximum absolute atomic E-state index is 14.3. The number of halogens is 6. The van der Waals surface area contributed by atoms with E-state index in [2.05, 4.69) is 22.6 Å². The molecule has 12 heteroatoms. The Hall–Kier alpha value is -2.82. The number of nitrogens with zero attached hydrogens (tertiary/aromatic N) is 3. The number of alkyl halides is 3. The summed E-state index contributed by atoms with van der Waals surface area (Å²) in [7, 11) is 0. The Kier molecular flexibility index (Phi) is 12.9. The predicted octanol–water partition coefficient (Wildman–Crippen LogP) is 8.87. The van der Waals surface area contributed by atoms with Gasteiger partial charge in [0.25, 0.3) is 0 Å². The fourth-order valence-electron chi connectivity index (χ4n) is 7.97. The Labute approximate surface area is 292 Å². The summed E-state index contributed by atoms with van der Waals surface area (Å²) in [6, 6.07) is 14.9. The number of rotatable bonds is 12. The van der Waals surface area contributed by atoms with E-state index in [0.717, 1.165) is 87.9 Å². The number of likely N-dealkylation sites (tertiary alicyclic amines) is 1. The highest BCUT2D eigenvalue weighted by atomic mass is 35.5. The van der Waals surface area contributed by atoms with Gasteiger partial charge in [-0.1, -0.05) is 37.1 Å². The third kappa shape index (κ3) is 9.66. The molecule has 3 fully saturated rings. The molecule has 48 heavy (non-hydrogen) atoms. The lowest BCUT2D eigenvalue weighted by Gasteiger charge is -2.35. The third-order valence-electron chi connectivity index (χ3n) is 10.4. The summed E-state index contributed by atoms with van der Waals surface area (Å²) in [5, 5.41) is 14.9. The van der Waals surface area contributed by atoms with Crippen molar-refractivity contribution in [1.29, 1.82) is 0 Å². The van der Waals surface area contributed by atoms with Crippen molar-refractivity contribution in [2.45, 2.75) is 83.0 Å². The van der Waals surface area contributed by atoms with E-state index in [1.807, 2.05) is 10.7 Å². The SMILES string of the molecule is CCn1nc(Cc2ccc(OC(F)(F)F)cc2)cc1C1CCN(CC2CC([C@H](CC3CC3)C(=O)O)CC2c2cccc(F)c2)CC1.Cl.Cl. The molecule has 264 valence electrons. The van der Waals surface area contributed by atoms with Crippen molar-refractivity contribution in [3.63, 3.8) is 0 Å². The van der Waals surface area contributed by atoms with E-state index in [-0.39, 0.29) is 60.1 Å². The van der Waals surface area contributed by atoms with Crippen LogP contribution in [0.25, 0.3) is 0 Å².